The molecule has 3 heterocycles. The van der Waals surface area contributed by atoms with Crippen LogP contribution in [0.1, 0.15) is 25.7 Å². The Morgan fingerprint density at radius 1 is 1.07 bits per heavy atom. The molecule has 2 aliphatic rings. The molecule has 15 heteroatoms. The third kappa shape index (κ3) is 8.20. The summed E-state index contributed by atoms with van der Waals surface area (Å²) in [6, 6.07) is 13.0. The maximum absolute atomic E-state index is 12.2. The minimum absolute atomic E-state index is 0. The number of carbonyl (C=O) groups is 1. The predicted molar refractivity (Wildman–Crippen MR) is 181 cm³/mol. The lowest BCUT2D eigenvalue weighted by Gasteiger charge is -2.47. The predicted octanol–water partition coefficient (Wildman–Crippen LogP) is 5.21. The summed E-state index contributed by atoms with van der Waals surface area (Å²) in [4.78, 5) is 24.4. The number of halogens is 2. The van der Waals surface area contributed by atoms with Crippen LogP contribution in [0.4, 0.5) is 34.5 Å². The van der Waals surface area contributed by atoms with Gasteiger partial charge >= 0.3 is 5.97 Å². The largest absolute Gasteiger partial charge is 0.494 e. The van der Waals surface area contributed by atoms with Gasteiger partial charge in [0.1, 0.15) is 10.8 Å². The van der Waals surface area contributed by atoms with E-state index in [2.05, 4.69) is 25.5 Å². The van der Waals surface area contributed by atoms with Crippen LogP contribution in [0.3, 0.4) is 0 Å². The fourth-order valence-electron chi connectivity index (χ4n) is 5.89. The monoisotopic (exact) mass is 679 g/mol. The summed E-state index contributed by atoms with van der Waals surface area (Å²) in [7, 11) is -0.386. The van der Waals surface area contributed by atoms with E-state index < -0.39 is 16.0 Å². The lowest BCUT2D eigenvalue weighted by molar-refractivity contribution is -0.139. The van der Waals surface area contributed by atoms with Crippen molar-refractivity contribution in [2.24, 2.45) is 5.41 Å². The number of para-hydroxylation sites is 2. The van der Waals surface area contributed by atoms with Gasteiger partial charge < -0.3 is 25.4 Å². The van der Waals surface area contributed by atoms with Gasteiger partial charge in [-0.1, -0.05) is 23.7 Å². The number of hydrogen-bond donors (Lipinski definition) is 3. The van der Waals surface area contributed by atoms with Gasteiger partial charge in [0.05, 0.1) is 43.2 Å². The van der Waals surface area contributed by atoms with Gasteiger partial charge in [-0.15, -0.1) is 12.4 Å². The number of sulfonamides is 1. The molecule has 244 valence electrons. The van der Waals surface area contributed by atoms with E-state index in [-0.39, 0.29) is 35.3 Å². The van der Waals surface area contributed by atoms with Crippen LogP contribution in [0.2, 0.25) is 5.02 Å². The third-order valence-electron chi connectivity index (χ3n) is 8.63. The number of rotatable bonds is 10. The van der Waals surface area contributed by atoms with Crippen molar-refractivity contribution >= 4 is 74.5 Å². The summed E-state index contributed by atoms with van der Waals surface area (Å²) >= 11 is 6.41. The van der Waals surface area contributed by atoms with Crippen LogP contribution < -0.4 is 24.6 Å². The molecule has 2 aliphatic heterocycles. The number of nitrogens with one attached hydrogen (secondary N) is 2. The fraction of sp³-hybridized carbons (Fsp3) is 0.433. The van der Waals surface area contributed by atoms with Gasteiger partial charge in [0, 0.05) is 31.9 Å². The molecule has 1 aromatic heterocycles. The van der Waals surface area contributed by atoms with E-state index in [1.807, 2.05) is 23.1 Å². The molecule has 45 heavy (non-hydrogen) atoms. The highest BCUT2D eigenvalue weighted by Crippen LogP contribution is 2.43. The number of nitrogens with zero attached hydrogens (tertiary/aromatic N) is 5. The van der Waals surface area contributed by atoms with Gasteiger partial charge in [-0.2, -0.15) is 4.98 Å². The number of aromatic nitrogens is 2. The highest BCUT2D eigenvalue weighted by molar-refractivity contribution is 7.92. The normalized spacial score (nSPS) is 16.5. The van der Waals surface area contributed by atoms with Gasteiger partial charge in [0.2, 0.25) is 16.0 Å². The molecule has 2 fully saturated rings. The molecule has 0 atom stereocenters. The first-order chi connectivity index (χ1) is 21.0. The van der Waals surface area contributed by atoms with Crippen LogP contribution in [0, 0.1) is 5.41 Å². The molecule has 3 aromatic rings. The number of piperidine rings is 2. The molecule has 0 unspecified atom stereocenters. The van der Waals surface area contributed by atoms with E-state index >= 15 is 0 Å². The van der Waals surface area contributed by atoms with Crippen molar-refractivity contribution in [1.29, 1.82) is 0 Å². The Labute approximate surface area is 275 Å². The summed E-state index contributed by atoms with van der Waals surface area (Å²) in [5, 5.41) is 15.7. The Balaban J connectivity index is 0.00000461. The van der Waals surface area contributed by atoms with E-state index in [1.165, 1.54) is 17.5 Å². The van der Waals surface area contributed by atoms with Crippen LogP contribution in [0.15, 0.2) is 48.7 Å². The van der Waals surface area contributed by atoms with E-state index in [0.717, 1.165) is 63.8 Å². The third-order valence-corrected chi connectivity index (χ3v) is 10.1. The molecule has 5 rings (SSSR count). The van der Waals surface area contributed by atoms with E-state index in [0.29, 0.717) is 28.6 Å². The van der Waals surface area contributed by atoms with Gasteiger partial charge in [-0.05, 0) is 68.5 Å². The molecule has 0 amide bonds. The molecule has 2 saturated heterocycles. The van der Waals surface area contributed by atoms with Crippen LogP contribution in [-0.2, 0) is 14.8 Å². The van der Waals surface area contributed by atoms with Crippen LogP contribution in [0.5, 0.6) is 5.75 Å². The Morgan fingerprint density at radius 2 is 1.73 bits per heavy atom. The SMILES string of the molecule is COc1cc(N2CCC3(CCN(CC(=O)O)CC3)CC2)ccc1Nc1ncc(Cl)c(Nc2ccccc2N(C)S(C)(=O)=O)n1.Cl. The summed E-state index contributed by atoms with van der Waals surface area (Å²) in [5.74, 6) is 0.470. The first-order valence-corrected chi connectivity index (χ1v) is 16.7. The Kier molecular flexibility index (Phi) is 10.9. The minimum Gasteiger partial charge on any atom is -0.494 e. The lowest BCUT2D eigenvalue weighted by atomic mass is 9.71. The molecule has 2 aromatic carbocycles. The smallest absolute Gasteiger partial charge is 0.317 e. The first kappa shape index (κ1) is 34.4. The van der Waals surface area contributed by atoms with Crippen molar-refractivity contribution in [1.82, 2.24) is 14.9 Å². The quantitative estimate of drug-likeness (QED) is 0.260. The number of carboxylic acid groups (broad SMARTS) is 1. The zero-order valence-corrected chi connectivity index (χ0v) is 27.9. The molecular formula is C30H39Cl2N7O5S. The second-order valence-corrected chi connectivity index (χ2v) is 13.9. The molecule has 0 saturated carbocycles. The standard InChI is InChI=1S/C30H38ClN7O5S.ClH/c1-36(44(3,41)42)25-7-5-4-6-23(25)33-28-22(31)19-32-29(35-28)34-24-9-8-21(18-26(24)43-2)38-16-12-30(13-17-38)10-14-37(15-11-30)20-27(39)40;/h4-9,18-19H,10-17,20H2,1-3H3,(H,39,40)(H2,32,33,34,35);1H. The van der Waals surface area contributed by atoms with Crippen LogP contribution in [0.25, 0.3) is 0 Å². The lowest BCUT2D eigenvalue weighted by Crippen LogP contribution is -2.47. The van der Waals surface area contributed by atoms with E-state index in [9.17, 15) is 13.2 Å². The topological polar surface area (TPSA) is 140 Å². The van der Waals surface area contributed by atoms with Gasteiger partial charge in [0.15, 0.2) is 5.82 Å². The zero-order chi connectivity index (χ0) is 31.5. The number of ether oxygens (including phenoxy) is 1. The van der Waals surface area contributed by atoms with Gasteiger partial charge in [-0.3, -0.25) is 14.0 Å². The second kappa shape index (κ2) is 14.3. The van der Waals surface area contributed by atoms with Crippen molar-refractivity contribution in [3.8, 4) is 5.75 Å². The maximum Gasteiger partial charge on any atom is 0.317 e. The second-order valence-electron chi connectivity index (χ2n) is 11.4. The minimum atomic E-state index is -3.48. The van der Waals surface area contributed by atoms with Crippen molar-refractivity contribution in [2.45, 2.75) is 25.7 Å². The highest BCUT2D eigenvalue weighted by Gasteiger charge is 2.38. The Bertz CT molecular complexity index is 1610. The Hall–Kier alpha value is -3.52. The van der Waals surface area contributed by atoms with Crippen molar-refractivity contribution in [3.05, 3.63) is 53.7 Å². The average molecular weight is 681 g/mol. The molecule has 0 aliphatic carbocycles. The van der Waals surface area contributed by atoms with Crippen molar-refractivity contribution < 1.29 is 23.1 Å². The number of hydrogen-bond acceptors (Lipinski definition) is 10. The highest BCUT2D eigenvalue weighted by atomic mass is 35.5. The van der Waals surface area contributed by atoms with Gasteiger partial charge in [0.25, 0.3) is 0 Å². The maximum atomic E-state index is 12.2. The Morgan fingerprint density at radius 3 is 2.38 bits per heavy atom. The molecule has 0 radical (unpaired) electrons. The summed E-state index contributed by atoms with van der Waals surface area (Å²) < 4.78 is 31.2. The van der Waals surface area contributed by atoms with E-state index in [1.54, 1.807) is 31.4 Å². The molecule has 12 nitrogen and oxygen atoms in total. The average Bonchev–Trinajstić information content (AvgIpc) is 3.00. The summed E-state index contributed by atoms with van der Waals surface area (Å²) in [6.45, 7) is 3.67. The van der Waals surface area contributed by atoms with Crippen molar-refractivity contribution in [3.63, 3.8) is 0 Å². The number of likely N-dealkylation sites (tertiary alicyclic amines) is 1. The molecular weight excluding hydrogens is 641 g/mol. The number of aliphatic carboxylic acids is 1. The van der Waals surface area contributed by atoms with E-state index in [4.69, 9.17) is 21.4 Å². The van der Waals surface area contributed by atoms with Gasteiger partial charge in [-0.25, -0.2) is 13.4 Å². The number of methoxy groups -OCH3 is 1. The van der Waals surface area contributed by atoms with Crippen LogP contribution >= 0.6 is 24.0 Å². The molecule has 3 N–H and O–H groups in total. The zero-order valence-electron chi connectivity index (χ0n) is 25.5. The summed E-state index contributed by atoms with van der Waals surface area (Å²) in [5.41, 5.74) is 3.00. The van der Waals surface area contributed by atoms with Crippen LogP contribution in [-0.4, -0.2) is 87.5 Å². The summed E-state index contributed by atoms with van der Waals surface area (Å²) in [6.07, 6.45) is 6.84. The molecule has 1 spiro atoms. The number of carboxylic acids is 1. The first-order valence-electron chi connectivity index (χ1n) is 14.4. The van der Waals surface area contributed by atoms with Crippen molar-refractivity contribution in [2.75, 3.05) is 73.0 Å². The molecule has 0 bridgehead atoms. The fourth-order valence-corrected chi connectivity index (χ4v) is 6.55. The number of anilines is 6. The number of benzene rings is 2.